The number of anilines is 3. The third kappa shape index (κ3) is 5.97. The van der Waals surface area contributed by atoms with Crippen LogP contribution in [0.1, 0.15) is 24.2 Å². The molecule has 34 heavy (non-hydrogen) atoms. The van der Waals surface area contributed by atoms with E-state index in [2.05, 4.69) is 16.0 Å². The maximum Gasteiger partial charge on any atom is 0.323 e. The molecule has 0 aromatic heterocycles. The average molecular weight is 485 g/mol. The molecule has 0 heterocycles. The van der Waals surface area contributed by atoms with Gasteiger partial charge in [0.15, 0.2) is 0 Å². The predicted molar refractivity (Wildman–Crippen MR) is 130 cm³/mol. The van der Waals surface area contributed by atoms with Gasteiger partial charge in [0, 0.05) is 30.2 Å². The summed E-state index contributed by atoms with van der Waals surface area (Å²) >= 11 is 0. The molecule has 3 N–H and O–H groups in total. The van der Waals surface area contributed by atoms with Crippen molar-refractivity contribution in [2.24, 2.45) is 0 Å². The number of rotatable bonds is 8. The van der Waals surface area contributed by atoms with E-state index in [-0.39, 0.29) is 18.0 Å². The highest BCUT2D eigenvalue weighted by Crippen LogP contribution is 2.21. The number of benzene rings is 3. The summed E-state index contributed by atoms with van der Waals surface area (Å²) in [5.41, 5.74) is 1.06. The highest BCUT2D eigenvalue weighted by Gasteiger charge is 2.24. The fourth-order valence-electron chi connectivity index (χ4n) is 3.20. The maximum absolute atomic E-state index is 14.3. The van der Waals surface area contributed by atoms with Gasteiger partial charge in [-0.2, -0.15) is 4.31 Å². The van der Waals surface area contributed by atoms with Crippen molar-refractivity contribution in [2.45, 2.75) is 18.7 Å². The molecule has 0 aliphatic carbocycles. The van der Waals surface area contributed by atoms with E-state index in [4.69, 9.17) is 0 Å². The summed E-state index contributed by atoms with van der Waals surface area (Å²) in [6.45, 7) is 3.90. The van der Waals surface area contributed by atoms with Crippen molar-refractivity contribution in [1.29, 1.82) is 0 Å². The first-order chi connectivity index (χ1) is 16.2. The van der Waals surface area contributed by atoms with Crippen molar-refractivity contribution in [2.75, 3.05) is 29.0 Å². The van der Waals surface area contributed by atoms with Crippen molar-refractivity contribution < 1.29 is 22.4 Å². The Labute approximate surface area is 197 Å². The van der Waals surface area contributed by atoms with Gasteiger partial charge in [0.05, 0.1) is 10.5 Å². The van der Waals surface area contributed by atoms with Gasteiger partial charge in [0.2, 0.25) is 10.0 Å². The number of carbonyl (C=O) groups excluding carboxylic acids is 2. The Bertz CT molecular complexity index is 1260. The van der Waals surface area contributed by atoms with Crippen molar-refractivity contribution in [1.82, 2.24) is 4.31 Å². The standard InChI is InChI=1S/C24H25FN4O4S/c1-3-29(4-2)34(32,33)20-14-15-22(25)21(16-20)23(30)26-18-10-12-19(13-11-18)28-24(31)27-17-8-6-5-7-9-17/h5-16H,3-4H2,1-2H3,(H,26,30)(H2,27,28,31). The molecule has 3 aromatic carbocycles. The second-order valence-corrected chi connectivity index (χ2v) is 9.15. The Morgan fingerprint density at radius 3 is 1.88 bits per heavy atom. The molecule has 0 aliphatic rings. The number of sulfonamides is 1. The molecular formula is C24H25FN4O4S. The average Bonchev–Trinajstić information content (AvgIpc) is 2.81. The Morgan fingerprint density at radius 1 is 0.794 bits per heavy atom. The van der Waals surface area contributed by atoms with Crippen LogP contribution in [0.25, 0.3) is 0 Å². The Morgan fingerprint density at radius 2 is 1.32 bits per heavy atom. The summed E-state index contributed by atoms with van der Waals surface area (Å²) in [5, 5.41) is 7.89. The lowest BCUT2D eigenvalue weighted by molar-refractivity contribution is 0.102. The SMILES string of the molecule is CCN(CC)S(=O)(=O)c1ccc(F)c(C(=O)Nc2ccc(NC(=O)Nc3ccccc3)cc2)c1. The first-order valence-corrected chi connectivity index (χ1v) is 12.0. The minimum absolute atomic E-state index is 0.160. The second-order valence-electron chi connectivity index (χ2n) is 7.21. The Kier molecular flexibility index (Phi) is 7.98. The van der Waals surface area contributed by atoms with Gasteiger partial charge in [0.25, 0.3) is 5.91 Å². The lowest BCUT2D eigenvalue weighted by atomic mass is 10.2. The van der Waals surface area contributed by atoms with Crippen molar-refractivity contribution >= 4 is 39.0 Å². The smallest absolute Gasteiger partial charge is 0.322 e. The molecule has 10 heteroatoms. The molecule has 8 nitrogen and oxygen atoms in total. The van der Waals surface area contributed by atoms with E-state index in [1.54, 1.807) is 50.2 Å². The highest BCUT2D eigenvalue weighted by atomic mass is 32.2. The highest BCUT2D eigenvalue weighted by molar-refractivity contribution is 7.89. The van der Waals surface area contributed by atoms with Crippen molar-refractivity contribution in [3.8, 4) is 0 Å². The number of nitrogens with zero attached hydrogens (tertiary/aromatic N) is 1. The number of amides is 3. The van der Waals surface area contributed by atoms with E-state index >= 15 is 0 Å². The van der Waals surface area contributed by atoms with Crippen LogP contribution in [0.15, 0.2) is 77.7 Å². The summed E-state index contributed by atoms with van der Waals surface area (Å²) in [5.74, 6) is -1.64. The largest absolute Gasteiger partial charge is 0.323 e. The van der Waals surface area contributed by atoms with Crippen LogP contribution in [0.5, 0.6) is 0 Å². The summed E-state index contributed by atoms with van der Waals surface area (Å²) in [6.07, 6.45) is 0. The molecule has 0 saturated heterocycles. The first-order valence-electron chi connectivity index (χ1n) is 10.6. The molecule has 0 fully saturated rings. The maximum atomic E-state index is 14.3. The van der Waals surface area contributed by atoms with E-state index in [9.17, 15) is 22.4 Å². The van der Waals surface area contributed by atoms with Crippen molar-refractivity contribution in [3.05, 3.63) is 84.2 Å². The lowest BCUT2D eigenvalue weighted by Crippen LogP contribution is -2.31. The van der Waals surface area contributed by atoms with E-state index < -0.39 is 33.3 Å². The molecule has 178 valence electrons. The van der Waals surface area contributed by atoms with Gasteiger partial charge in [-0.05, 0) is 54.6 Å². The third-order valence-electron chi connectivity index (χ3n) is 4.96. The van der Waals surface area contributed by atoms with Crippen LogP contribution in [-0.4, -0.2) is 37.8 Å². The van der Waals surface area contributed by atoms with Gasteiger partial charge >= 0.3 is 6.03 Å². The van der Waals surface area contributed by atoms with E-state index in [0.717, 1.165) is 18.2 Å². The predicted octanol–water partition coefficient (Wildman–Crippen LogP) is 4.75. The zero-order chi connectivity index (χ0) is 24.7. The monoisotopic (exact) mass is 484 g/mol. The first kappa shape index (κ1) is 24.9. The number of carbonyl (C=O) groups is 2. The quantitative estimate of drug-likeness (QED) is 0.429. The fourth-order valence-corrected chi connectivity index (χ4v) is 4.69. The summed E-state index contributed by atoms with van der Waals surface area (Å²) in [6, 6.07) is 17.8. The minimum atomic E-state index is -3.85. The van der Waals surface area contributed by atoms with E-state index in [0.29, 0.717) is 17.1 Å². The van der Waals surface area contributed by atoms with Gasteiger partial charge < -0.3 is 16.0 Å². The molecule has 3 rings (SSSR count). The van der Waals surface area contributed by atoms with Crippen LogP contribution >= 0.6 is 0 Å². The minimum Gasteiger partial charge on any atom is -0.322 e. The molecule has 3 amide bonds. The van der Waals surface area contributed by atoms with Crippen LogP contribution in [0, 0.1) is 5.82 Å². The Balaban J connectivity index is 1.69. The summed E-state index contributed by atoms with van der Waals surface area (Å²) in [4.78, 5) is 24.6. The van der Waals surface area contributed by atoms with Crippen LogP contribution in [-0.2, 0) is 10.0 Å². The summed E-state index contributed by atoms with van der Waals surface area (Å²) in [7, 11) is -3.85. The normalized spacial score (nSPS) is 11.2. The Hall–Kier alpha value is -3.76. The van der Waals surface area contributed by atoms with Gasteiger partial charge in [-0.15, -0.1) is 0 Å². The van der Waals surface area contributed by atoms with Crippen LogP contribution in [0.4, 0.5) is 26.2 Å². The van der Waals surface area contributed by atoms with E-state index in [1.165, 1.54) is 16.4 Å². The van der Waals surface area contributed by atoms with Crippen LogP contribution < -0.4 is 16.0 Å². The van der Waals surface area contributed by atoms with Gasteiger partial charge in [-0.25, -0.2) is 17.6 Å². The molecule has 0 atom stereocenters. The van der Waals surface area contributed by atoms with Gasteiger partial charge in [-0.1, -0.05) is 32.0 Å². The lowest BCUT2D eigenvalue weighted by Gasteiger charge is -2.19. The third-order valence-corrected chi connectivity index (χ3v) is 7.00. The topological polar surface area (TPSA) is 108 Å². The van der Waals surface area contributed by atoms with Crippen LogP contribution in [0.3, 0.4) is 0 Å². The molecule has 0 aliphatic heterocycles. The van der Waals surface area contributed by atoms with Crippen LogP contribution in [0.2, 0.25) is 0 Å². The molecular weight excluding hydrogens is 459 g/mol. The fraction of sp³-hybridized carbons (Fsp3) is 0.167. The summed E-state index contributed by atoms with van der Waals surface area (Å²) < 4.78 is 41.0. The molecule has 0 bridgehead atoms. The molecule has 0 spiro atoms. The van der Waals surface area contributed by atoms with Crippen molar-refractivity contribution in [3.63, 3.8) is 0 Å². The molecule has 3 aromatic rings. The molecule has 0 unspecified atom stereocenters. The number of para-hydroxylation sites is 1. The number of hydrogen-bond acceptors (Lipinski definition) is 4. The van der Waals surface area contributed by atoms with Gasteiger partial charge in [-0.3, -0.25) is 4.79 Å². The molecule has 0 radical (unpaired) electrons. The number of urea groups is 1. The zero-order valence-corrected chi connectivity index (χ0v) is 19.5. The number of halogens is 1. The number of hydrogen-bond donors (Lipinski definition) is 3. The second kappa shape index (κ2) is 10.9. The molecule has 0 saturated carbocycles. The zero-order valence-electron chi connectivity index (χ0n) is 18.7. The van der Waals surface area contributed by atoms with E-state index in [1.807, 2.05) is 6.07 Å². The number of nitrogens with one attached hydrogen (secondary N) is 3. The van der Waals surface area contributed by atoms with Gasteiger partial charge in [0.1, 0.15) is 5.82 Å².